The Kier molecular flexibility index (Phi) is 5.14. The molecule has 1 aromatic rings. The molecular formula is C18H20N2O6S. The van der Waals surface area contributed by atoms with E-state index in [1.807, 2.05) is 6.07 Å². The van der Waals surface area contributed by atoms with Gasteiger partial charge in [-0.3, -0.25) is 14.5 Å². The van der Waals surface area contributed by atoms with E-state index in [-0.39, 0.29) is 18.8 Å². The molecule has 1 unspecified atom stereocenters. The van der Waals surface area contributed by atoms with E-state index in [1.54, 1.807) is 38.1 Å². The molecule has 2 aliphatic rings. The van der Waals surface area contributed by atoms with Gasteiger partial charge in [-0.25, -0.2) is 9.59 Å². The summed E-state index contributed by atoms with van der Waals surface area (Å²) in [5.74, 6) is -2.04. The van der Waals surface area contributed by atoms with Gasteiger partial charge in [0.2, 0.25) is 5.91 Å². The van der Waals surface area contributed by atoms with Gasteiger partial charge in [0.05, 0.1) is 6.42 Å². The molecule has 27 heavy (non-hydrogen) atoms. The monoisotopic (exact) mass is 392 g/mol. The number of nitrogens with zero attached hydrogens (tertiary/aromatic N) is 1. The molecule has 2 amide bonds. The quantitative estimate of drug-likeness (QED) is 0.770. The van der Waals surface area contributed by atoms with Crippen LogP contribution < -0.4 is 5.32 Å². The molecule has 0 aromatic heterocycles. The predicted molar refractivity (Wildman–Crippen MR) is 97.2 cm³/mol. The van der Waals surface area contributed by atoms with Crippen LogP contribution in [0.4, 0.5) is 4.79 Å². The number of fused-ring (bicyclic) bond motifs is 1. The summed E-state index contributed by atoms with van der Waals surface area (Å²) in [6.07, 6.45) is -0.732. The minimum absolute atomic E-state index is 0.0121. The van der Waals surface area contributed by atoms with Crippen LogP contribution in [0.25, 0.3) is 0 Å². The molecular weight excluding hydrogens is 372 g/mol. The molecule has 8 nitrogen and oxygen atoms in total. The van der Waals surface area contributed by atoms with E-state index in [0.717, 1.165) is 10.5 Å². The van der Waals surface area contributed by atoms with Crippen LogP contribution in [0, 0.1) is 0 Å². The van der Waals surface area contributed by atoms with Gasteiger partial charge in [-0.05, 0) is 19.4 Å². The number of nitrogens with one attached hydrogen (secondary N) is 1. The molecule has 9 heteroatoms. The average Bonchev–Trinajstić information content (AvgIpc) is 2.89. The summed E-state index contributed by atoms with van der Waals surface area (Å²) in [6, 6.07) is 6.76. The number of ether oxygens (including phenoxy) is 1. The average molecular weight is 392 g/mol. The second-order valence-corrected chi connectivity index (χ2v) is 8.76. The number of carboxylic acid groups (broad SMARTS) is 1. The van der Waals surface area contributed by atoms with Crippen molar-refractivity contribution in [2.75, 3.05) is 6.61 Å². The number of carboxylic acids is 1. The first-order valence-corrected chi connectivity index (χ1v) is 9.30. The van der Waals surface area contributed by atoms with Crippen molar-refractivity contribution in [2.45, 2.75) is 42.5 Å². The number of benzene rings is 1. The fraction of sp³-hybridized carbons (Fsp3) is 0.444. The summed E-state index contributed by atoms with van der Waals surface area (Å²) in [5, 5.41) is 11.2. The molecule has 2 heterocycles. The lowest BCUT2D eigenvalue weighted by Crippen LogP contribution is -2.60. The van der Waals surface area contributed by atoms with Gasteiger partial charge >= 0.3 is 12.1 Å². The summed E-state index contributed by atoms with van der Waals surface area (Å²) in [5.41, 5.74) is 0.740. The van der Waals surface area contributed by atoms with Crippen LogP contribution in [0.15, 0.2) is 30.3 Å². The first kappa shape index (κ1) is 19.2. The molecule has 0 spiro atoms. The number of Topliss-reactive ketones (excluding diaryl/α,β-unsaturated/α-hetero) is 1. The van der Waals surface area contributed by atoms with Crippen molar-refractivity contribution in [1.82, 2.24) is 10.2 Å². The van der Waals surface area contributed by atoms with Crippen LogP contribution in [-0.4, -0.2) is 62.6 Å². The predicted octanol–water partition coefficient (Wildman–Crippen LogP) is 1.04. The highest BCUT2D eigenvalue weighted by atomic mass is 32.2. The third kappa shape index (κ3) is 3.78. The Hall–Kier alpha value is -2.55. The third-order valence-corrected chi connectivity index (χ3v) is 6.14. The van der Waals surface area contributed by atoms with E-state index >= 15 is 0 Å². The molecule has 1 aromatic carbocycles. The smallest absolute Gasteiger partial charge is 0.411 e. The fourth-order valence-corrected chi connectivity index (χ4v) is 5.08. The lowest BCUT2D eigenvalue weighted by atomic mass is 9.96. The van der Waals surface area contributed by atoms with E-state index in [2.05, 4.69) is 5.32 Å². The molecule has 3 rings (SSSR count). The first-order valence-electron chi connectivity index (χ1n) is 8.42. The second-order valence-electron chi connectivity index (χ2n) is 6.99. The minimum Gasteiger partial charge on any atom is -0.480 e. The number of thioether (sulfide) groups is 1. The van der Waals surface area contributed by atoms with Crippen molar-refractivity contribution in [3.63, 3.8) is 0 Å². The van der Waals surface area contributed by atoms with E-state index in [4.69, 9.17) is 4.74 Å². The lowest BCUT2D eigenvalue weighted by Gasteiger charge is -2.35. The number of amides is 2. The van der Waals surface area contributed by atoms with E-state index in [9.17, 15) is 24.3 Å². The molecule has 0 saturated carbocycles. The largest absolute Gasteiger partial charge is 0.480 e. The Bertz CT molecular complexity index is 781. The van der Waals surface area contributed by atoms with Gasteiger partial charge < -0.3 is 15.2 Å². The number of rotatable bonds is 5. The normalized spacial score (nSPS) is 24.7. The number of hydrogen-bond donors (Lipinski definition) is 2. The maximum absolute atomic E-state index is 12.4. The highest BCUT2D eigenvalue weighted by Gasteiger charge is 2.58. The molecule has 0 bridgehead atoms. The summed E-state index contributed by atoms with van der Waals surface area (Å²) in [6.45, 7) is 3.22. The van der Waals surface area contributed by atoms with Gasteiger partial charge in [-0.2, -0.15) is 0 Å². The van der Waals surface area contributed by atoms with Crippen LogP contribution in [0.1, 0.15) is 19.4 Å². The number of carbonyl (C=O) groups is 4. The van der Waals surface area contributed by atoms with Gasteiger partial charge in [-0.1, -0.05) is 30.3 Å². The fourth-order valence-electron chi connectivity index (χ4n) is 3.44. The molecule has 2 aliphatic heterocycles. The second kappa shape index (κ2) is 7.22. The zero-order valence-corrected chi connectivity index (χ0v) is 15.7. The van der Waals surface area contributed by atoms with Crippen LogP contribution in [0.3, 0.4) is 0 Å². The number of aliphatic carboxylic acids is 1. The summed E-state index contributed by atoms with van der Waals surface area (Å²) in [4.78, 5) is 49.9. The maximum Gasteiger partial charge on any atom is 0.411 e. The van der Waals surface area contributed by atoms with Crippen LogP contribution in [0.5, 0.6) is 0 Å². The maximum atomic E-state index is 12.4. The van der Waals surface area contributed by atoms with E-state index < -0.39 is 40.2 Å². The van der Waals surface area contributed by atoms with Gasteiger partial charge in [0.15, 0.2) is 18.4 Å². The molecule has 0 radical (unpaired) electrons. The molecule has 2 saturated heterocycles. The first-order chi connectivity index (χ1) is 12.7. The highest BCUT2D eigenvalue weighted by molar-refractivity contribution is 8.01. The minimum atomic E-state index is -1.37. The number of carbonyl (C=O) groups excluding carboxylic acids is 3. The van der Waals surface area contributed by atoms with Crippen molar-refractivity contribution < 1.29 is 29.0 Å². The van der Waals surface area contributed by atoms with Gasteiger partial charge in [0.25, 0.3) is 0 Å². The Morgan fingerprint density at radius 2 is 2.00 bits per heavy atom. The third-order valence-electron chi connectivity index (χ3n) is 4.56. The zero-order valence-electron chi connectivity index (χ0n) is 14.9. The Balaban J connectivity index is 1.82. The van der Waals surface area contributed by atoms with Crippen molar-refractivity contribution in [3.05, 3.63) is 35.9 Å². The van der Waals surface area contributed by atoms with Gasteiger partial charge in [0, 0.05) is 4.75 Å². The summed E-state index contributed by atoms with van der Waals surface area (Å²) in [7, 11) is 0. The number of cyclic esters (lactones) is 1. The molecule has 0 aliphatic carbocycles. The number of ketones is 1. The zero-order chi connectivity index (χ0) is 19.8. The standard InChI is InChI=1S/C18H20N2O6S/c1-18(2)14-11(21)9-26-17(25)20(14)15(27-18)13(16(23)24)19-12(22)8-10-6-4-3-5-7-10/h3-7,13-15H,8-9H2,1-2H3,(H,19,22)(H,23,24)/t13-,14?,15+/m0/s1. The van der Waals surface area contributed by atoms with Crippen LogP contribution in [-0.2, 0) is 25.5 Å². The lowest BCUT2D eigenvalue weighted by molar-refractivity contribution is -0.144. The van der Waals surface area contributed by atoms with Crippen LogP contribution >= 0.6 is 11.8 Å². The van der Waals surface area contributed by atoms with E-state index in [1.165, 1.54) is 11.8 Å². The topological polar surface area (TPSA) is 113 Å². The van der Waals surface area contributed by atoms with Crippen molar-refractivity contribution in [1.29, 1.82) is 0 Å². The summed E-state index contributed by atoms with van der Waals surface area (Å²) >= 11 is 1.17. The van der Waals surface area contributed by atoms with E-state index in [0.29, 0.717) is 0 Å². The number of hydrogen-bond acceptors (Lipinski definition) is 6. The molecule has 2 fully saturated rings. The molecule has 144 valence electrons. The highest BCUT2D eigenvalue weighted by Crippen LogP contribution is 2.47. The Morgan fingerprint density at radius 3 is 2.63 bits per heavy atom. The van der Waals surface area contributed by atoms with Crippen molar-refractivity contribution in [3.8, 4) is 0 Å². The summed E-state index contributed by atoms with van der Waals surface area (Å²) < 4.78 is 4.18. The molecule has 3 atom stereocenters. The Morgan fingerprint density at radius 1 is 1.33 bits per heavy atom. The van der Waals surface area contributed by atoms with Gasteiger partial charge in [-0.15, -0.1) is 11.8 Å². The SMILES string of the molecule is CC1(C)S[C@H]([C@H](NC(=O)Cc2ccccc2)C(=O)O)N2C(=O)OCC(=O)C21. The Labute approximate surface area is 160 Å². The van der Waals surface area contributed by atoms with Crippen molar-refractivity contribution >= 4 is 35.5 Å². The molecule has 2 N–H and O–H groups in total. The van der Waals surface area contributed by atoms with Crippen molar-refractivity contribution in [2.24, 2.45) is 0 Å². The van der Waals surface area contributed by atoms with Gasteiger partial charge in [0.1, 0.15) is 11.4 Å². The van der Waals surface area contributed by atoms with Crippen LogP contribution in [0.2, 0.25) is 0 Å².